The molecule has 0 radical (unpaired) electrons. The topological polar surface area (TPSA) is 21.3 Å². The van der Waals surface area contributed by atoms with E-state index in [4.69, 9.17) is 4.74 Å². The first-order valence-electron chi connectivity index (χ1n) is 5.72. The van der Waals surface area contributed by atoms with Crippen molar-refractivity contribution < 1.29 is 4.74 Å². The lowest BCUT2D eigenvalue weighted by atomic mass is 10.0. The van der Waals surface area contributed by atoms with Crippen LogP contribution >= 0.6 is 0 Å². The van der Waals surface area contributed by atoms with Crippen LogP contribution in [0.2, 0.25) is 0 Å². The molecule has 2 heteroatoms. The van der Waals surface area contributed by atoms with Crippen LogP contribution in [-0.4, -0.2) is 19.7 Å². The SMILES string of the molecule is CNC(C)CCc1cccc2c1OCC2. The molecule has 0 aromatic heterocycles. The summed E-state index contributed by atoms with van der Waals surface area (Å²) in [6.07, 6.45) is 3.34. The number of rotatable bonds is 4. The highest BCUT2D eigenvalue weighted by molar-refractivity contribution is 5.44. The van der Waals surface area contributed by atoms with Gasteiger partial charge in [-0.25, -0.2) is 0 Å². The van der Waals surface area contributed by atoms with Gasteiger partial charge in [0.15, 0.2) is 0 Å². The van der Waals surface area contributed by atoms with Crippen molar-refractivity contribution in [1.29, 1.82) is 0 Å². The van der Waals surface area contributed by atoms with Crippen LogP contribution in [0.4, 0.5) is 0 Å². The Balaban J connectivity index is 2.06. The smallest absolute Gasteiger partial charge is 0.125 e. The Morgan fingerprint density at radius 1 is 1.47 bits per heavy atom. The molecule has 1 aromatic rings. The van der Waals surface area contributed by atoms with Gasteiger partial charge in [-0.05, 0) is 37.9 Å². The maximum absolute atomic E-state index is 5.68. The van der Waals surface area contributed by atoms with Crippen LogP contribution in [0, 0.1) is 0 Å². The van der Waals surface area contributed by atoms with Crippen LogP contribution in [0.15, 0.2) is 18.2 Å². The number of benzene rings is 1. The van der Waals surface area contributed by atoms with Crippen LogP contribution in [0.5, 0.6) is 5.75 Å². The molecule has 0 spiro atoms. The fourth-order valence-corrected chi connectivity index (χ4v) is 2.00. The number of fused-ring (bicyclic) bond motifs is 1. The average molecular weight is 205 g/mol. The molecule has 1 heterocycles. The third-order valence-electron chi connectivity index (χ3n) is 3.14. The van der Waals surface area contributed by atoms with Gasteiger partial charge in [0, 0.05) is 12.5 Å². The minimum atomic E-state index is 0.572. The van der Waals surface area contributed by atoms with Gasteiger partial charge in [-0.1, -0.05) is 18.2 Å². The molecule has 1 unspecified atom stereocenters. The quantitative estimate of drug-likeness (QED) is 0.813. The first kappa shape index (κ1) is 10.5. The molecule has 1 aliphatic heterocycles. The number of para-hydroxylation sites is 1. The van der Waals surface area contributed by atoms with Crippen molar-refractivity contribution in [1.82, 2.24) is 5.32 Å². The van der Waals surface area contributed by atoms with Gasteiger partial charge in [-0.3, -0.25) is 0 Å². The van der Waals surface area contributed by atoms with Gasteiger partial charge < -0.3 is 10.1 Å². The second-order valence-electron chi connectivity index (χ2n) is 4.23. The van der Waals surface area contributed by atoms with E-state index in [1.54, 1.807) is 0 Å². The normalized spacial score (nSPS) is 15.9. The van der Waals surface area contributed by atoms with E-state index in [2.05, 4.69) is 30.4 Å². The van der Waals surface area contributed by atoms with Crippen molar-refractivity contribution in [3.05, 3.63) is 29.3 Å². The largest absolute Gasteiger partial charge is 0.493 e. The van der Waals surface area contributed by atoms with Crippen LogP contribution in [0.3, 0.4) is 0 Å². The maximum atomic E-state index is 5.68. The van der Waals surface area contributed by atoms with Crippen molar-refractivity contribution in [2.24, 2.45) is 0 Å². The molecule has 1 aromatic carbocycles. The molecule has 1 N–H and O–H groups in total. The number of hydrogen-bond acceptors (Lipinski definition) is 2. The third kappa shape index (κ3) is 2.32. The molecule has 2 rings (SSSR count). The highest BCUT2D eigenvalue weighted by Crippen LogP contribution is 2.30. The summed E-state index contributed by atoms with van der Waals surface area (Å²) in [6.45, 7) is 3.07. The van der Waals surface area contributed by atoms with E-state index in [9.17, 15) is 0 Å². The summed E-state index contributed by atoms with van der Waals surface area (Å²) < 4.78 is 5.68. The Bertz CT molecular complexity index is 335. The van der Waals surface area contributed by atoms with Gasteiger partial charge in [0.1, 0.15) is 5.75 Å². The van der Waals surface area contributed by atoms with Gasteiger partial charge in [0.05, 0.1) is 6.61 Å². The molecule has 0 aliphatic carbocycles. The maximum Gasteiger partial charge on any atom is 0.125 e. The Morgan fingerprint density at radius 3 is 3.13 bits per heavy atom. The molecular formula is C13H19NO. The number of nitrogens with one attached hydrogen (secondary N) is 1. The molecule has 0 bridgehead atoms. The molecule has 0 saturated heterocycles. The Morgan fingerprint density at radius 2 is 2.33 bits per heavy atom. The zero-order valence-corrected chi connectivity index (χ0v) is 9.55. The molecule has 0 fully saturated rings. The van der Waals surface area contributed by atoms with Crippen LogP contribution in [0.1, 0.15) is 24.5 Å². The lowest BCUT2D eigenvalue weighted by molar-refractivity contribution is 0.352. The minimum Gasteiger partial charge on any atom is -0.493 e. The number of hydrogen-bond donors (Lipinski definition) is 1. The summed E-state index contributed by atoms with van der Waals surface area (Å²) in [5, 5.41) is 3.26. The lowest BCUT2D eigenvalue weighted by Crippen LogP contribution is -2.21. The van der Waals surface area contributed by atoms with Gasteiger partial charge >= 0.3 is 0 Å². The Kier molecular flexibility index (Phi) is 3.27. The van der Waals surface area contributed by atoms with E-state index in [1.807, 2.05) is 7.05 Å². The van der Waals surface area contributed by atoms with Crippen molar-refractivity contribution in [2.75, 3.05) is 13.7 Å². The predicted molar refractivity (Wildman–Crippen MR) is 62.5 cm³/mol. The Labute approximate surface area is 91.6 Å². The van der Waals surface area contributed by atoms with Crippen LogP contribution in [-0.2, 0) is 12.8 Å². The first-order chi connectivity index (χ1) is 7.31. The van der Waals surface area contributed by atoms with Crippen molar-refractivity contribution >= 4 is 0 Å². The molecule has 0 saturated carbocycles. The van der Waals surface area contributed by atoms with Crippen molar-refractivity contribution in [3.63, 3.8) is 0 Å². The van der Waals surface area contributed by atoms with Gasteiger partial charge in [-0.15, -0.1) is 0 Å². The summed E-state index contributed by atoms with van der Waals surface area (Å²) >= 11 is 0. The number of ether oxygens (including phenoxy) is 1. The zero-order chi connectivity index (χ0) is 10.7. The first-order valence-corrected chi connectivity index (χ1v) is 5.72. The molecule has 1 aliphatic rings. The van der Waals surface area contributed by atoms with E-state index < -0.39 is 0 Å². The zero-order valence-electron chi connectivity index (χ0n) is 9.55. The third-order valence-corrected chi connectivity index (χ3v) is 3.14. The summed E-state index contributed by atoms with van der Waals surface area (Å²) in [6, 6.07) is 7.08. The van der Waals surface area contributed by atoms with Crippen LogP contribution < -0.4 is 10.1 Å². The van der Waals surface area contributed by atoms with E-state index in [1.165, 1.54) is 11.1 Å². The summed E-state index contributed by atoms with van der Waals surface area (Å²) in [7, 11) is 2.01. The summed E-state index contributed by atoms with van der Waals surface area (Å²) in [5.74, 6) is 1.15. The van der Waals surface area contributed by atoms with Gasteiger partial charge in [0.25, 0.3) is 0 Å². The molecule has 15 heavy (non-hydrogen) atoms. The lowest BCUT2D eigenvalue weighted by Gasteiger charge is -2.11. The van der Waals surface area contributed by atoms with Crippen molar-refractivity contribution in [2.45, 2.75) is 32.2 Å². The molecule has 82 valence electrons. The fourth-order valence-electron chi connectivity index (χ4n) is 2.00. The second-order valence-corrected chi connectivity index (χ2v) is 4.23. The fraction of sp³-hybridized carbons (Fsp3) is 0.538. The monoisotopic (exact) mass is 205 g/mol. The Hall–Kier alpha value is -1.02. The highest BCUT2D eigenvalue weighted by atomic mass is 16.5. The molecule has 0 amide bonds. The van der Waals surface area contributed by atoms with Gasteiger partial charge in [-0.2, -0.15) is 0 Å². The van der Waals surface area contributed by atoms with E-state index in [0.29, 0.717) is 6.04 Å². The number of aryl methyl sites for hydroxylation is 1. The molecule has 1 atom stereocenters. The van der Waals surface area contributed by atoms with E-state index >= 15 is 0 Å². The summed E-state index contributed by atoms with van der Waals surface area (Å²) in [4.78, 5) is 0. The second kappa shape index (κ2) is 4.67. The van der Waals surface area contributed by atoms with E-state index in [0.717, 1.165) is 31.6 Å². The highest BCUT2D eigenvalue weighted by Gasteiger charge is 2.15. The molecule has 2 nitrogen and oxygen atoms in total. The molecular weight excluding hydrogens is 186 g/mol. The predicted octanol–water partition coefficient (Wildman–Crippen LogP) is 2.16. The van der Waals surface area contributed by atoms with Crippen LogP contribution in [0.25, 0.3) is 0 Å². The van der Waals surface area contributed by atoms with Gasteiger partial charge in [0.2, 0.25) is 0 Å². The summed E-state index contributed by atoms with van der Waals surface area (Å²) in [5.41, 5.74) is 2.75. The average Bonchev–Trinajstić information content (AvgIpc) is 2.74. The minimum absolute atomic E-state index is 0.572. The van der Waals surface area contributed by atoms with E-state index in [-0.39, 0.29) is 0 Å². The van der Waals surface area contributed by atoms with Crippen molar-refractivity contribution in [3.8, 4) is 5.75 Å². The standard InChI is InChI=1S/C13H19NO/c1-10(14-2)6-7-11-4-3-5-12-8-9-15-13(11)12/h3-5,10,14H,6-9H2,1-2H3.